The molecule has 0 unspecified atom stereocenters. The van der Waals surface area contributed by atoms with Crippen molar-refractivity contribution in [1.82, 2.24) is 19.1 Å². The molecule has 0 radical (unpaired) electrons. The molecule has 2 rings (SSSR count). The lowest BCUT2D eigenvalue weighted by atomic mass is 10.1. The Morgan fingerprint density at radius 2 is 1.32 bits per heavy atom. The molecule has 0 bridgehead atoms. The van der Waals surface area contributed by atoms with Gasteiger partial charge in [-0.05, 0) is 32.1 Å². The Bertz CT molecular complexity index is 920. The van der Waals surface area contributed by atoms with Crippen LogP contribution in [0.1, 0.15) is 103 Å². The van der Waals surface area contributed by atoms with E-state index < -0.39 is 5.69 Å². The molecule has 2 heterocycles. The molecule has 0 aliphatic heterocycles. The predicted molar refractivity (Wildman–Crippen MR) is 130 cm³/mol. The van der Waals surface area contributed by atoms with Crippen LogP contribution in [-0.2, 0) is 20.5 Å². The van der Waals surface area contributed by atoms with Crippen LogP contribution in [0.15, 0.2) is 21.7 Å². The highest BCUT2D eigenvalue weighted by molar-refractivity contribution is 5.70. The third-order valence-corrected chi connectivity index (χ3v) is 6.14. The number of aromatic amines is 1. The Balaban J connectivity index is 1.54. The van der Waals surface area contributed by atoms with Crippen LogP contribution in [-0.4, -0.2) is 19.1 Å². The van der Waals surface area contributed by atoms with E-state index in [1.807, 2.05) is 11.6 Å². The maximum absolute atomic E-state index is 12.1. The van der Waals surface area contributed by atoms with Crippen molar-refractivity contribution in [3.63, 3.8) is 0 Å². The van der Waals surface area contributed by atoms with Crippen LogP contribution in [0.4, 0.5) is 0 Å². The minimum atomic E-state index is -0.417. The van der Waals surface area contributed by atoms with Crippen LogP contribution in [0.3, 0.4) is 0 Å². The molecular weight excluding hydrogens is 388 g/mol. The first kappa shape index (κ1) is 25.2. The van der Waals surface area contributed by atoms with Crippen LogP contribution in [0.5, 0.6) is 0 Å². The van der Waals surface area contributed by atoms with Crippen LogP contribution in [0.25, 0.3) is 11.2 Å². The molecule has 0 spiro atoms. The molecule has 174 valence electrons. The minimum absolute atomic E-state index is 0.361. The lowest BCUT2D eigenvalue weighted by Crippen LogP contribution is -2.29. The lowest BCUT2D eigenvalue weighted by molar-refractivity contribution is 0.587. The number of aryl methyl sites for hydroxylation is 3. The van der Waals surface area contributed by atoms with Gasteiger partial charge < -0.3 is 4.57 Å². The third kappa shape index (κ3) is 8.15. The maximum Gasteiger partial charge on any atom is 0.329 e. The van der Waals surface area contributed by atoms with Gasteiger partial charge in [-0.2, -0.15) is 0 Å². The van der Waals surface area contributed by atoms with Crippen molar-refractivity contribution in [1.29, 1.82) is 0 Å². The molecule has 0 amide bonds. The van der Waals surface area contributed by atoms with Gasteiger partial charge in [-0.15, -0.1) is 0 Å². The average Bonchev–Trinajstić information content (AvgIpc) is 3.08. The van der Waals surface area contributed by atoms with Crippen molar-refractivity contribution >= 4 is 11.2 Å². The number of nitrogens with one attached hydrogen (secondary N) is 1. The summed E-state index contributed by atoms with van der Waals surface area (Å²) in [5, 5.41) is 0. The first-order valence-electron chi connectivity index (χ1n) is 12.4. The number of rotatable bonds is 16. The molecule has 31 heavy (non-hydrogen) atoms. The molecule has 0 saturated heterocycles. The van der Waals surface area contributed by atoms with Crippen molar-refractivity contribution in [2.75, 3.05) is 0 Å². The molecule has 1 N–H and O–H groups in total. The zero-order chi connectivity index (χ0) is 22.5. The number of hydrogen-bond acceptors (Lipinski definition) is 3. The summed E-state index contributed by atoms with van der Waals surface area (Å²) in [5.74, 6) is 0.872. The molecule has 0 saturated carbocycles. The first-order valence-corrected chi connectivity index (χ1v) is 12.4. The number of aromatic nitrogens is 4. The highest BCUT2D eigenvalue weighted by Gasteiger charge is 2.14. The Hall–Kier alpha value is -2.11. The van der Waals surface area contributed by atoms with Crippen molar-refractivity contribution in [3.05, 3.63) is 38.8 Å². The summed E-state index contributed by atoms with van der Waals surface area (Å²) in [7, 11) is 3.49. The van der Waals surface area contributed by atoms with E-state index in [1.165, 1.54) is 88.0 Å². The quantitative estimate of drug-likeness (QED) is 0.281. The van der Waals surface area contributed by atoms with Crippen LogP contribution >= 0.6 is 0 Å². The largest absolute Gasteiger partial charge is 0.329 e. The fourth-order valence-corrected chi connectivity index (χ4v) is 4.11. The summed E-state index contributed by atoms with van der Waals surface area (Å²) in [6.07, 6.45) is 23.6. The van der Waals surface area contributed by atoms with Gasteiger partial charge in [0, 0.05) is 20.5 Å². The second-order valence-electron chi connectivity index (χ2n) is 8.77. The van der Waals surface area contributed by atoms with E-state index in [0.29, 0.717) is 11.2 Å². The van der Waals surface area contributed by atoms with E-state index in [-0.39, 0.29) is 5.56 Å². The number of hydrogen-bond donors (Lipinski definition) is 1. The number of H-pyrrole nitrogens is 1. The fourth-order valence-electron chi connectivity index (χ4n) is 4.11. The highest BCUT2D eigenvalue weighted by Crippen LogP contribution is 2.14. The smallest absolute Gasteiger partial charge is 0.325 e. The van der Waals surface area contributed by atoms with Crippen molar-refractivity contribution < 1.29 is 0 Å². The van der Waals surface area contributed by atoms with Gasteiger partial charge in [0.15, 0.2) is 11.2 Å². The summed E-state index contributed by atoms with van der Waals surface area (Å²) >= 11 is 0. The molecule has 0 atom stereocenters. The molecule has 0 aliphatic rings. The molecular formula is C25H42N4O2. The number of allylic oxidation sites excluding steroid dienone is 2. The fraction of sp³-hybridized carbons (Fsp3) is 0.720. The monoisotopic (exact) mass is 430 g/mol. The van der Waals surface area contributed by atoms with Crippen molar-refractivity contribution in [2.24, 2.45) is 14.1 Å². The second kappa shape index (κ2) is 14.0. The van der Waals surface area contributed by atoms with E-state index in [1.54, 1.807) is 7.05 Å². The van der Waals surface area contributed by atoms with Gasteiger partial charge in [0.1, 0.15) is 5.82 Å². The van der Waals surface area contributed by atoms with E-state index in [9.17, 15) is 9.59 Å². The molecule has 0 aromatic carbocycles. The zero-order valence-electron chi connectivity index (χ0n) is 19.9. The van der Waals surface area contributed by atoms with Crippen LogP contribution < -0.4 is 11.2 Å². The summed E-state index contributed by atoms with van der Waals surface area (Å²) in [4.78, 5) is 30.7. The van der Waals surface area contributed by atoms with Gasteiger partial charge >= 0.3 is 5.69 Å². The van der Waals surface area contributed by atoms with Crippen molar-refractivity contribution in [2.45, 2.75) is 103 Å². The SMILES string of the molecule is CCCCCCCCC=CCCCCCCCCc1nc2c(c(=O)[nH]c(=O)n2C)n1C. The van der Waals surface area contributed by atoms with Gasteiger partial charge in [-0.25, -0.2) is 9.78 Å². The average molecular weight is 431 g/mol. The maximum atomic E-state index is 12.1. The van der Waals surface area contributed by atoms with E-state index >= 15 is 0 Å². The second-order valence-corrected chi connectivity index (χ2v) is 8.77. The molecule has 0 aliphatic carbocycles. The predicted octanol–water partition coefficient (Wildman–Crippen LogP) is 5.54. The summed E-state index contributed by atoms with van der Waals surface area (Å²) in [6, 6.07) is 0. The Labute approximate surface area is 186 Å². The highest BCUT2D eigenvalue weighted by atomic mass is 16.2. The Kier molecular flexibility index (Phi) is 11.4. The summed E-state index contributed by atoms with van der Waals surface area (Å²) in [6.45, 7) is 2.27. The number of imidazole rings is 1. The molecule has 6 heteroatoms. The van der Waals surface area contributed by atoms with Gasteiger partial charge in [0.2, 0.25) is 0 Å². The molecule has 6 nitrogen and oxygen atoms in total. The third-order valence-electron chi connectivity index (χ3n) is 6.14. The lowest BCUT2D eigenvalue weighted by Gasteiger charge is -2.03. The Morgan fingerprint density at radius 3 is 1.94 bits per heavy atom. The van der Waals surface area contributed by atoms with Crippen LogP contribution in [0, 0.1) is 0 Å². The van der Waals surface area contributed by atoms with Crippen LogP contribution in [0.2, 0.25) is 0 Å². The topological polar surface area (TPSA) is 72.7 Å². The Morgan fingerprint density at radius 1 is 0.774 bits per heavy atom. The van der Waals surface area contributed by atoms with Gasteiger partial charge in [-0.1, -0.05) is 76.9 Å². The van der Waals surface area contributed by atoms with E-state index in [2.05, 4.69) is 29.0 Å². The van der Waals surface area contributed by atoms with Gasteiger partial charge in [-0.3, -0.25) is 14.3 Å². The standard InChI is InChI=1S/C25H42N4O2/c1-4-5-6-7-8-9-10-11-12-13-14-15-16-17-18-19-20-21-26-23-22(28(21)2)24(30)27-25(31)29(23)3/h11-12H,4-10,13-20H2,1-3H3,(H,27,30,31). The molecule has 0 fully saturated rings. The normalized spacial score (nSPS) is 11.8. The van der Waals surface area contributed by atoms with Gasteiger partial charge in [0.25, 0.3) is 5.56 Å². The molecule has 2 aromatic rings. The van der Waals surface area contributed by atoms with E-state index in [0.717, 1.165) is 18.7 Å². The van der Waals surface area contributed by atoms with Gasteiger partial charge in [0.05, 0.1) is 0 Å². The molecule has 2 aromatic heterocycles. The number of nitrogens with zero attached hydrogens (tertiary/aromatic N) is 3. The van der Waals surface area contributed by atoms with E-state index in [4.69, 9.17) is 0 Å². The number of fused-ring (bicyclic) bond motifs is 1. The van der Waals surface area contributed by atoms with Crippen molar-refractivity contribution in [3.8, 4) is 0 Å². The summed E-state index contributed by atoms with van der Waals surface area (Å²) in [5.41, 5.74) is 0.164. The zero-order valence-corrected chi connectivity index (χ0v) is 19.9. The summed E-state index contributed by atoms with van der Waals surface area (Å²) < 4.78 is 3.23. The minimum Gasteiger partial charge on any atom is -0.325 e. The number of unbranched alkanes of at least 4 members (excludes halogenated alkanes) is 12. The first-order chi connectivity index (χ1) is 15.1.